The maximum Gasteiger partial charge on any atom is 0.137 e. The van der Waals surface area contributed by atoms with Gasteiger partial charge in [0.15, 0.2) is 0 Å². The number of aromatic nitrogens is 4. The van der Waals surface area contributed by atoms with Crippen LogP contribution >= 0.6 is 0 Å². The standard InChI is InChI=1S/C38H28N6O/c1-38(2,3)28-16-17-41-36(18-28)44-34-13-5-4-12-32(34)33-15-14-31(20-35(33)44)45-30-11-7-10-29(19-30)43-24-27(23-42-43)37-25(21-39)8-6-9-26(37)22-40/h4-20,23-24H,1-3H3. The number of fused-ring (bicyclic) bond motifs is 3. The van der Waals surface area contributed by atoms with E-state index in [9.17, 15) is 10.5 Å². The number of hydrogen-bond donors (Lipinski definition) is 0. The van der Waals surface area contributed by atoms with Gasteiger partial charge in [-0.3, -0.25) is 4.57 Å². The van der Waals surface area contributed by atoms with Crippen LogP contribution in [0.3, 0.4) is 0 Å². The molecule has 3 aromatic heterocycles. The second kappa shape index (κ2) is 10.8. The van der Waals surface area contributed by atoms with Crippen molar-refractivity contribution < 1.29 is 4.74 Å². The van der Waals surface area contributed by atoms with Crippen molar-refractivity contribution in [1.29, 1.82) is 10.5 Å². The van der Waals surface area contributed by atoms with Crippen LogP contribution in [0.15, 0.2) is 116 Å². The summed E-state index contributed by atoms with van der Waals surface area (Å²) in [7, 11) is 0. The Balaban J connectivity index is 1.26. The van der Waals surface area contributed by atoms with Gasteiger partial charge in [0.25, 0.3) is 0 Å². The molecule has 0 radical (unpaired) electrons. The third-order valence-electron chi connectivity index (χ3n) is 7.98. The summed E-state index contributed by atoms with van der Waals surface area (Å²) in [6.07, 6.45) is 5.36. The minimum atomic E-state index is -0.0117. The minimum Gasteiger partial charge on any atom is -0.457 e. The molecule has 0 aliphatic rings. The lowest BCUT2D eigenvalue weighted by Crippen LogP contribution is -2.12. The van der Waals surface area contributed by atoms with Crippen molar-refractivity contribution in [2.75, 3.05) is 0 Å². The molecule has 7 heteroatoms. The Kier molecular flexibility index (Phi) is 6.65. The zero-order valence-corrected chi connectivity index (χ0v) is 25.1. The van der Waals surface area contributed by atoms with Crippen LogP contribution in [0.2, 0.25) is 0 Å². The summed E-state index contributed by atoms with van der Waals surface area (Å²) in [5, 5.41) is 26.0. The normalized spacial score (nSPS) is 11.4. The van der Waals surface area contributed by atoms with Gasteiger partial charge < -0.3 is 4.74 Å². The first kappa shape index (κ1) is 27.6. The monoisotopic (exact) mass is 584 g/mol. The molecule has 0 atom stereocenters. The third kappa shape index (κ3) is 4.97. The number of ether oxygens (including phenoxy) is 1. The molecule has 0 bridgehead atoms. The first-order chi connectivity index (χ1) is 21.8. The van der Waals surface area contributed by atoms with E-state index in [1.54, 1.807) is 29.1 Å². The summed E-state index contributed by atoms with van der Waals surface area (Å²) in [5.41, 5.74) is 6.20. The molecule has 7 nitrogen and oxygen atoms in total. The molecule has 3 heterocycles. The van der Waals surface area contributed by atoms with Crippen molar-refractivity contribution in [2.45, 2.75) is 26.2 Å². The smallest absolute Gasteiger partial charge is 0.137 e. The Morgan fingerprint density at radius 2 is 1.47 bits per heavy atom. The fraction of sp³-hybridized carbons (Fsp3) is 0.105. The SMILES string of the molecule is CC(C)(C)c1ccnc(-n2c3ccccc3c3ccc(Oc4cccc(-n5cc(-c6c(C#N)cccc6C#N)cn5)c4)cc32)c1. The molecule has 0 aliphatic heterocycles. The molecule has 216 valence electrons. The molecule has 0 N–H and O–H groups in total. The number of pyridine rings is 1. The quantitative estimate of drug-likeness (QED) is 0.201. The Hall–Kier alpha value is -6.18. The highest BCUT2D eigenvalue weighted by molar-refractivity contribution is 6.09. The molecule has 4 aromatic carbocycles. The molecular formula is C38H28N6O. The number of para-hydroxylation sites is 1. The van der Waals surface area contributed by atoms with Gasteiger partial charge in [-0.05, 0) is 65.6 Å². The number of benzene rings is 4. The minimum absolute atomic E-state index is 0.0117. The van der Waals surface area contributed by atoms with Gasteiger partial charge in [-0.2, -0.15) is 15.6 Å². The van der Waals surface area contributed by atoms with Crippen molar-refractivity contribution in [3.8, 4) is 46.3 Å². The highest BCUT2D eigenvalue weighted by Crippen LogP contribution is 2.36. The predicted molar refractivity (Wildman–Crippen MR) is 176 cm³/mol. The predicted octanol–water partition coefficient (Wildman–Crippen LogP) is 8.86. The molecule has 0 unspecified atom stereocenters. The van der Waals surface area contributed by atoms with Gasteiger partial charge in [0.05, 0.1) is 46.2 Å². The van der Waals surface area contributed by atoms with E-state index in [-0.39, 0.29) is 5.41 Å². The zero-order chi connectivity index (χ0) is 31.1. The first-order valence-electron chi connectivity index (χ1n) is 14.6. The average Bonchev–Trinajstić information content (AvgIpc) is 3.67. The van der Waals surface area contributed by atoms with Gasteiger partial charge in [0.2, 0.25) is 0 Å². The first-order valence-corrected chi connectivity index (χ1v) is 14.6. The van der Waals surface area contributed by atoms with Crippen LogP contribution < -0.4 is 4.74 Å². The number of hydrogen-bond acceptors (Lipinski definition) is 5. The van der Waals surface area contributed by atoms with Crippen LogP contribution in [0.4, 0.5) is 0 Å². The molecule has 0 saturated carbocycles. The largest absolute Gasteiger partial charge is 0.457 e. The van der Waals surface area contributed by atoms with Gasteiger partial charge in [-0.1, -0.05) is 51.1 Å². The Morgan fingerprint density at radius 3 is 2.24 bits per heavy atom. The Labute approximate surface area is 260 Å². The van der Waals surface area contributed by atoms with E-state index >= 15 is 0 Å². The summed E-state index contributed by atoms with van der Waals surface area (Å²) in [6.45, 7) is 6.62. The highest BCUT2D eigenvalue weighted by atomic mass is 16.5. The second-order valence-electron chi connectivity index (χ2n) is 11.9. The summed E-state index contributed by atoms with van der Waals surface area (Å²) in [6, 6.07) is 35.9. The molecule has 0 aliphatic carbocycles. The zero-order valence-electron chi connectivity index (χ0n) is 25.1. The fourth-order valence-corrected chi connectivity index (χ4v) is 5.74. The third-order valence-corrected chi connectivity index (χ3v) is 7.98. The van der Waals surface area contributed by atoms with Gasteiger partial charge in [0, 0.05) is 46.4 Å². The second-order valence-corrected chi connectivity index (χ2v) is 11.9. The summed E-state index contributed by atoms with van der Waals surface area (Å²) < 4.78 is 10.3. The average molecular weight is 585 g/mol. The van der Waals surface area contributed by atoms with Crippen LogP contribution in [-0.4, -0.2) is 19.3 Å². The number of rotatable bonds is 5. The maximum absolute atomic E-state index is 9.63. The van der Waals surface area contributed by atoms with E-state index in [0.717, 1.165) is 33.3 Å². The van der Waals surface area contributed by atoms with Crippen molar-refractivity contribution in [3.05, 3.63) is 132 Å². The van der Waals surface area contributed by atoms with Crippen molar-refractivity contribution in [2.24, 2.45) is 0 Å². The highest BCUT2D eigenvalue weighted by Gasteiger charge is 2.18. The molecule has 45 heavy (non-hydrogen) atoms. The van der Waals surface area contributed by atoms with Crippen LogP contribution in [0, 0.1) is 22.7 Å². The van der Waals surface area contributed by atoms with Gasteiger partial charge in [-0.15, -0.1) is 0 Å². The van der Waals surface area contributed by atoms with Gasteiger partial charge in [-0.25, -0.2) is 9.67 Å². The van der Waals surface area contributed by atoms with Crippen LogP contribution in [0.25, 0.3) is 44.4 Å². The van der Waals surface area contributed by atoms with Crippen LogP contribution in [0.5, 0.6) is 11.5 Å². The van der Waals surface area contributed by atoms with Crippen LogP contribution in [0.1, 0.15) is 37.5 Å². The van der Waals surface area contributed by atoms with Crippen molar-refractivity contribution in [1.82, 2.24) is 19.3 Å². The lowest BCUT2D eigenvalue weighted by molar-refractivity contribution is 0.483. The van der Waals surface area contributed by atoms with Gasteiger partial charge in [0.1, 0.15) is 17.3 Å². The van der Waals surface area contributed by atoms with E-state index in [1.165, 1.54) is 5.56 Å². The molecule has 0 amide bonds. The Bertz CT molecular complexity index is 2290. The topological polar surface area (TPSA) is 92.5 Å². The van der Waals surface area contributed by atoms with E-state index in [0.29, 0.717) is 33.8 Å². The number of nitriles is 2. The molecule has 7 aromatic rings. The summed E-state index contributed by atoms with van der Waals surface area (Å²) in [5.74, 6) is 2.20. The summed E-state index contributed by atoms with van der Waals surface area (Å²) in [4.78, 5) is 4.78. The number of nitrogens with zero attached hydrogens (tertiary/aromatic N) is 6. The molecule has 0 spiro atoms. The summed E-state index contributed by atoms with van der Waals surface area (Å²) >= 11 is 0. The van der Waals surface area contributed by atoms with Gasteiger partial charge >= 0.3 is 0 Å². The Morgan fingerprint density at radius 1 is 0.733 bits per heavy atom. The molecule has 0 saturated heterocycles. The van der Waals surface area contributed by atoms with Crippen LogP contribution in [-0.2, 0) is 5.41 Å². The van der Waals surface area contributed by atoms with Crippen molar-refractivity contribution in [3.63, 3.8) is 0 Å². The molecular weight excluding hydrogens is 556 g/mol. The molecule has 0 fully saturated rings. The lowest BCUT2D eigenvalue weighted by Gasteiger charge is -2.20. The van der Waals surface area contributed by atoms with E-state index in [1.807, 2.05) is 42.7 Å². The maximum atomic E-state index is 9.63. The fourth-order valence-electron chi connectivity index (χ4n) is 5.74. The molecule has 7 rings (SSSR count). The van der Waals surface area contributed by atoms with Crippen molar-refractivity contribution >= 4 is 21.8 Å². The lowest BCUT2D eigenvalue weighted by atomic mass is 9.88. The van der Waals surface area contributed by atoms with E-state index < -0.39 is 0 Å². The van der Waals surface area contributed by atoms with E-state index in [2.05, 4.69) is 91.1 Å². The van der Waals surface area contributed by atoms with E-state index in [4.69, 9.17) is 9.72 Å².